The molecule has 8 heteroatoms. The van der Waals surface area contributed by atoms with E-state index in [0.717, 1.165) is 25.7 Å². The van der Waals surface area contributed by atoms with Crippen molar-refractivity contribution >= 4 is 28.3 Å². The van der Waals surface area contributed by atoms with Gasteiger partial charge in [0.2, 0.25) is 15.9 Å². The Labute approximate surface area is 147 Å². The average molecular weight is 370 g/mol. The Morgan fingerprint density at radius 2 is 1.78 bits per heavy atom. The fourth-order valence-corrected chi connectivity index (χ4v) is 4.11. The number of nitrogens with zero attached hydrogens (tertiary/aromatic N) is 1. The fraction of sp³-hybridized carbons (Fsp3) is 0.933. The van der Waals surface area contributed by atoms with Crippen molar-refractivity contribution in [3.05, 3.63) is 0 Å². The standard InChI is InChI=1S/C15H31N3O3S.ClH/c1-12-5-7-13(8-6-12)17-22(20,21)9-14(19)18(4)11-15(2,3)10-16;/h12-13,17H,5-11,16H2,1-4H3;1H. The van der Waals surface area contributed by atoms with Crippen LogP contribution in [0.5, 0.6) is 0 Å². The number of rotatable bonds is 7. The lowest BCUT2D eigenvalue weighted by atomic mass is 9.88. The van der Waals surface area contributed by atoms with Crippen LogP contribution in [0.2, 0.25) is 0 Å². The summed E-state index contributed by atoms with van der Waals surface area (Å²) in [6.07, 6.45) is 3.77. The summed E-state index contributed by atoms with van der Waals surface area (Å²) in [4.78, 5) is 13.6. The van der Waals surface area contributed by atoms with Gasteiger partial charge in [-0.05, 0) is 43.6 Å². The van der Waals surface area contributed by atoms with Gasteiger partial charge in [-0.25, -0.2) is 13.1 Å². The minimum atomic E-state index is -3.58. The molecule has 1 rings (SSSR count). The monoisotopic (exact) mass is 369 g/mol. The zero-order valence-corrected chi connectivity index (χ0v) is 16.3. The highest BCUT2D eigenvalue weighted by Crippen LogP contribution is 2.23. The van der Waals surface area contributed by atoms with E-state index in [9.17, 15) is 13.2 Å². The van der Waals surface area contributed by atoms with Gasteiger partial charge in [-0.1, -0.05) is 20.8 Å². The van der Waals surface area contributed by atoms with Gasteiger partial charge < -0.3 is 10.6 Å². The molecule has 1 saturated carbocycles. The van der Waals surface area contributed by atoms with Crippen molar-refractivity contribution in [1.82, 2.24) is 9.62 Å². The summed E-state index contributed by atoms with van der Waals surface area (Å²) >= 11 is 0. The molecule has 0 spiro atoms. The number of nitrogens with two attached hydrogens (primary N) is 1. The van der Waals surface area contributed by atoms with Gasteiger partial charge in [0.1, 0.15) is 5.75 Å². The number of sulfonamides is 1. The number of carbonyl (C=O) groups is 1. The number of nitrogens with one attached hydrogen (secondary N) is 1. The fourth-order valence-electron chi connectivity index (χ4n) is 2.74. The lowest BCUT2D eigenvalue weighted by Crippen LogP contribution is -2.45. The molecule has 1 aliphatic carbocycles. The van der Waals surface area contributed by atoms with Crippen molar-refractivity contribution in [2.24, 2.45) is 17.1 Å². The van der Waals surface area contributed by atoms with E-state index in [-0.39, 0.29) is 23.9 Å². The van der Waals surface area contributed by atoms with E-state index in [4.69, 9.17) is 5.73 Å². The first kappa shape index (κ1) is 22.6. The quantitative estimate of drug-likeness (QED) is 0.708. The van der Waals surface area contributed by atoms with Crippen molar-refractivity contribution in [2.45, 2.75) is 52.5 Å². The lowest BCUT2D eigenvalue weighted by Gasteiger charge is -2.30. The summed E-state index contributed by atoms with van der Waals surface area (Å²) in [5, 5.41) is 0. The Kier molecular flexibility index (Phi) is 9.05. The first-order valence-electron chi connectivity index (χ1n) is 7.99. The molecule has 1 aliphatic rings. The van der Waals surface area contributed by atoms with E-state index < -0.39 is 21.7 Å². The van der Waals surface area contributed by atoms with E-state index in [2.05, 4.69) is 11.6 Å². The zero-order valence-electron chi connectivity index (χ0n) is 14.7. The van der Waals surface area contributed by atoms with Crippen LogP contribution in [0.15, 0.2) is 0 Å². The first-order chi connectivity index (χ1) is 10.0. The Balaban J connectivity index is 0.00000484. The molecule has 0 atom stereocenters. The third-order valence-electron chi connectivity index (χ3n) is 4.32. The van der Waals surface area contributed by atoms with Crippen LogP contribution in [0.25, 0.3) is 0 Å². The van der Waals surface area contributed by atoms with Crippen molar-refractivity contribution in [2.75, 3.05) is 25.9 Å². The van der Waals surface area contributed by atoms with Crippen LogP contribution in [0.1, 0.15) is 46.5 Å². The number of hydrogen-bond acceptors (Lipinski definition) is 4. The molecule has 3 N–H and O–H groups in total. The molecule has 0 unspecified atom stereocenters. The molecule has 0 aromatic rings. The van der Waals surface area contributed by atoms with Crippen LogP contribution in [0.3, 0.4) is 0 Å². The molecule has 0 aromatic heterocycles. The second-order valence-electron chi connectivity index (χ2n) is 7.45. The summed E-state index contributed by atoms with van der Waals surface area (Å²) in [6, 6.07) is -0.0280. The molecule has 0 saturated heterocycles. The molecule has 0 radical (unpaired) electrons. The Hall–Kier alpha value is -0.370. The summed E-state index contributed by atoms with van der Waals surface area (Å²) < 4.78 is 27.0. The zero-order chi connectivity index (χ0) is 17.0. The Morgan fingerprint density at radius 1 is 1.26 bits per heavy atom. The van der Waals surface area contributed by atoms with Gasteiger partial charge >= 0.3 is 0 Å². The maximum Gasteiger partial charge on any atom is 0.238 e. The topological polar surface area (TPSA) is 92.5 Å². The van der Waals surface area contributed by atoms with Gasteiger partial charge in [0, 0.05) is 19.6 Å². The van der Waals surface area contributed by atoms with Crippen LogP contribution < -0.4 is 10.5 Å². The van der Waals surface area contributed by atoms with Gasteiger partial charge in [0.05, 0.1) is 0 Å². The van der Waals surface area contributed by atoms with Gasteiger partial charge in [-0.15, -0.1) is 12.4 Å². The normalized spacial score (nSPS) is 22.3. The summed E-state index contributed by atoms with van der Waals surface area (Å²) in [5.74, 6) is -0.221. The maximum absolute atomic E-state index is 12.1. The molecule has 0 aliphatic heterocycles. The third kappa shape index (κ3) is 8.33. The predicted molar refractivity (Wildman–Crippen MR) is 96.1 cm³/mol. The number of carbonyl (C=O) groups excluding carboxylic acids is 1. The van der Waals surface area contributed by atoms with Gasteiger partial charge in [-0.2, -0.15) is 0 Å². The van der Waals surface area contributed by atoms with Crippen LogP contribution in [0.4, 0.5) is 0 Å². The molecule has 1 fully saturated rings. The van der Waals surface area contributed by atoms with Gasteiger partial charge in [-0.3, -0.25) is 4.79 Å². The van der Waals surface area contributed by atoms with Crippen LogP contribution >= 0.6 is 12.4 Å². The predicted octanol–water partition coefficient (Wildman–Crippen LogP) is 1.35. The molecule has 1 amide bonds. The van der Waals surface area contributed by atoms with Crippen molar-refractivity contribution in [1.29, 1.82) is 0 Å². The minimum Gasteiger partial charge on any atom is -0.344 e. The number of hydrogen-bond donors (Lipinski definition) is 2. The number of amides is 1. The van der Waals surface area contributed by atoms with Crippen molar-refractivity contribution in [3.8, 4) is 0 Å². The smallest absolute Gasteiger partial charge is 0.238 e. The highest BCUT2D eigenvalue weighted by atomic mass is 35.5. The van der Waals surface area contributed by atoms with E-state index in [1.807, 2.05) is 13.8 Å². The van der Waals surface area contributed by atoms with Gasteiger partial charge in [0.25, 0.3) is 0 Å². The Bertz CT molecular complexity index is 474. The molecular weight excluding hydrogens is 338 g/mol. The molecule has 6 nitrogen and oxygen atoms in total. The van der Waals surface area contributed by atoms with Crippen LogP contribution in [-0.2, 0) is 14.8 Å². The molecule has 138 valence electrons. The Morgan fingerprint density at radius 3 is 2.26 bits per heavy atom. The second kappa shape index (κ2) is 9.20. The third-order valence-corrected chi connectivity index (χ3v) is 5.64. The molecule has 0 bridgehead atoms. The first-order valence-corrected chi connectivity index (χ1v) is 9.64. The average Bonchev–Trinajstić information content (AvgIpc) is 2.40. The largest absolute Gasteiger partial charge is 0.344 e. The van der Waals surface area contributed by atoms with E-state index >= 15 is 0 Å². The highest BCUT2D eigenvalue weighted by Gasteiger charge is 2.27. The van der Waals surface area contributed by atoms with E-state index in [1.165, 1.54) is 4.90 Å². The van der Waals surface area contributed by atoms with Crippen LogP contribution in [0, 0.1) is 11.3 Å². The van der Waals surface area contributed by atoms with E-state index in [0.29, 0.717) is 19.0 Å². The van der Waals surface area contributed by atoms with E-state index in [1.54, 1.807) is 7.05 Å². The minimum absolute atomic E-state index is 0. The summed E-state index contributed by atoms with van der Waals surface area (Å²) in [7, 11) is -1.96. The molecule has 23 heavy (non-hydrogen) atoms. The van der Waals surface area contributed by atoms with Crippen molar-refractivity contribution in [3.63, 3.8) is 0 Å². The molecule has 0 aromatic carbocycles. The van der Waals surface area contributed by atoms with Crippen molar-refractivity contribution < 1.29 is 13.2 Å². The van der Waals surface area contributed by atoms with Gasteiger partial charge in [0.15, 0.2) is 0 Å². The molecule has 0 heterocycles. The van der Waals surface area contributed by atoms with Crippen LogP contribution in [-0.4, -0.2) is 51.2 Å². The highest BCUT2D eigenvalue weighted by molar-refractivity contribution is 7.90. The number of halogens is 1. The SMILES string of the molecule is CC1CCC(NS(=O)(=O)CC(=O)N(C)CC(C)(C)CN)CC1.Cl. The maximum atomic E-state index is 12.1. The second-order valence-corrected chi connectivity index (χ2v) is 9.21. The lowest BCUT2D eigenvalue weighted by molar-refractivity contribution is -0.128. The molecular formula is C15H32ClN3O3S. The summed E-state index contributed by atoms with van der Waals surface area (Å²) in [5.41, 5.74) is 5.43. The summed E-state index contributed by atoms with van der Waals surface area (Å²) in [6.45, 7) is 6.97.